The smallest absolute Gasteiger partial charge is 0.243 e. The first-order chi connectivity index (χ1) is 22.6. The first-order valence-corrected chi connectivity index (χ1v) is 16.1. The van der Waals surface area contributed by atoms with E-state index in [1.165, 1.54) is 6.07 Å². The zero-order valence-electron chi connectivity index (χ0n) is 27.7. The predicted molar refractivity (Wildman–Crippen MR) is 180 cm³/mol. The van der Waals surface area contributed by atoms with Gasteiger partial charge in [-0.05, 0) is 107 Å². The summed E-state index contributed by atoms with van der Waals surface area (Å²) in [7, 11) is 6.92. The number of phenolic OH excluding ortho intramolecular Hbond substituents is 2. The third-order valence-electron chi connectivity index (χ3n) is 8.18. The molecule has 3 rings (SSSR count). The minimum absolute atomic E-state index is 0.0213. The molecule has 4 amide bonds. The molecule has 1 heterocycles. The van der Waals surface area contributed by atoms with Gasteiger partial charge in [-0.1, -0.05) is 12.1 Å². The van der Waals surface area contributed by atoms with Crippen molar-refractivity contribution >= 4 is 23.6 Å². The number of carbonyl (C=O) groups is 4. The Balaban J connectivity index is 2.06. The van der Waals surface area contributed by atoms with Crippen LogP contribution in [0.5, 0.6) is 11.5 Å². The maximum absolute atomic E-state index is 13.9. The van der Waals surface area contributed by atoms with Crippen molar-refractivity contribution in [3.8, 4) is 22.6 Å². The Hall–Kier alpha value is -4.24. The Morgan fingerprint density at radius 2 is 1.43 bits per heavy atom. The number of likely N-dealkylation sites (N-methyl/N-ethyl adjacent to an activating group) is 2. The van der Waals surface area contributed by atoms with Gasteiger partial charge >= 0.3 is 0 Å². The molecule has 47 heavy (non-hydrogen) atoms. The number of hydrogen-bond acceptors (Lipinski definition) is 10. The molecule has 0 aliphatic carbocycles. The number of fused-ring (bicyclic) bond motifs is 5. The van der Waals surface area contributed by atoms with E-state index in [0.717, 1.165) is 5.56 Å². The lowest BCUT2D eigenvalue weighted by Crippen LogP contribution is -2.59. The third kappa shape index (κ3) is 10.9. The highest BCUT2D eigenvalue weighted by Gasteiger charge is 2.32. The van der Waals surface area contributed by atoms with Gasteiger partial charge in [0.2, 0.25) is 23.6 Å². The van der Waals surface area contributed by atoms with Crippen LogP contribution < -0.4 is 42.5 Å². The van der Waals surface area contributed by atoms with Gasteiger partial charge in [-0.15, -0.1) is 0 Å². The molecule has 1 aliphatic heterocycles. The fourth-order valence-corrected chi connectivity index (χ4v) is 5.39. The van der Waals surface area contributed by atoms with Gasteiger partial charge in [0.25, 0.3) is 0 Å². The SMILES string of the molecule is CNCCC[C@@H]1NC(=O)[C@@H](NC)Cc2cc(ccc2O)-c2ccc(O)c(c2)C[C@@H](C(=O)N[C@@H](CCNC)C(=O)NCCNC)NC1=O. The van der Waals surface area contributed by atoms with Crippen LogP contribution in [0, 0.1) is 0 Å². The minimum Gasteiger partial charge on any atom is -0.508 e. The molecule has 258 valence electrons. The van der Waals surface area contributed by atoms with Crippen LogP contribution in [-0.4, -0.2) is 112 Å². The van der Waals surface area contributed by atoms with Crippen LogP contribution in [0.4, 0.5) is 0 Å². The normalized spacial score (nSPS) is 19.0. The summed E-state index contributed by atoms with van der Waals surface area (Å²) < 4.78 is 0. The summed E-state index contributed by atoms with van der Waals surface area (Å²) in [5.74, 6) is -2.05. The van der Waals surface area contributed by atoms with Crippen molar-refractivity contribution in [3.05, 3.63) is 47.5 Å². The third-order valence-corrected chi connectivity index (χ3v) is 8.18. The lowest BCUT2D eigenvalue weighted by atomic mass is 9.95. The molecule has 0 spiro atoms. The lowest BCUT2D eigenvalue weighted by molar-refractivity contribution is -0.134. The van der Waals surface area contributed by atoms with E-state index < -0.39 is 41.9 Å². The molecule has 0 radical (unpaired) electrons. The van der Waals surface area contributed by atoms with E-state index in [9.17, 15) is 29.4 Å². The van der Waals surface area contributed by atoms with Gasteiger partial charge in [0.15, 0.2) is 0 Å². The van der Waals surface area contributed by atoms with Crippen LogP contribution in [0.3, 0.4) is 0 Å². The van der Waals surface area contributed by atoms with Crippen molar-refractivity contribution in [1.29, 1.82) is 0 Å². The second kappa shape index (κ2) is 18.8. The second-order valence-electron chi connectivity index (χ2n) is 11.7. The molecule has 0 saturated heterocycles. The molecule has 0 aromatic heterocycles. The van der Waals surface area contributed by atoms with Crippen molar-refractivity contribution in [2.24, 2.45) is 0 Å². The van der Waals surface area contributed by atoms with Crippen LogP contribution in [0.1, 0.15) is 30.4 Å². The fourth-order valence-electron chi connectivity index (χ4n) is 5.39. The minimum atomic E-state index is -1.20. The summed E-state index contributed by atoms with van der Waals surface area (Å²) in [6, 6.07) is 6.15. The van der Waals surface area contributed by atoms with Gasteiger partial charge in [-0.25, -0.2) is 0 Å². The topological polar surface area (TPSA) is 205 Å². The van der Waals surface area contributed by atoms with Crippen molar-refractivity contribution in [2.75, 3.05) is 54.4 Å². The first-order valence-electron chi connectivity index (χ1n) is 16.1. The number of benzene rings is 2. The fraction of sp³-hybridized carbons (Fsp3) is 0.515. The molecule has 2 aromatic carbocycles. The van der Waals surface area contributed by atoms with E-state index in [2.05, 4.69) is 42.5 Å². The van der Waals surface area contributed by atoms with Crippen LogP contribution >= 0.6 is 0 Å². The van der Waals surface area contributed by atoms with E-state index in [1.54, 1.807) is 58.5 Å². The van der Waals surface area contributed by atoms with Crippen molar-refractivity contribution < 1.29 is 29.4 Å². The van der Waals surface area contributed by atoms with Crippen molar-refractivity contribution in [3.63, 3.8) is 0 Å². The summed E-state index contributed by atoms with van der Waals surface area (Å²) in [6.07, 6.45) is 1.18. The highest BCUT2D eigenvalue weighted by atomic mass is 16.3. The van der Waals surface area contributed by atoms with E-state index in [-0.39, 0.29) is 36.7 Å². The number of amides is 4. The summed E-state index contributed by atoms with van der Waals surface area (Å²) in [4.78, 5) is 54.3. The van der Waals surface area contributed by atoms with Gasteiger partial charge in [-0.2, -0.15) is 0 Å². The van der Waals surface area contributed by atoms with Crippen LogP contribution in [0.25, 0.3) is 11.1 Å². The van der Waals surface area contributed by atoms with E-state index in [1.807, 2.05) is 0 Å². The average molecular weight is 655 g/mol. The van der Waals surface area contributed by atoms with Gasteiger partial charge in [0, 0.05) is 25.9 Å². The Kier molecular flexibility index (Phi) is 14.9. The number of hydrogen-bond donors (Lipinski definition) is 10. The first kappa shape index (κ1) is 37.2. The maximum Gasteiger partial charge on any atom is 0.243 e. The Labute approximate surface area is 276 Å². The number of aromatic hydroxyl groups is 2. The van der Waals surface area contributed by atoms with Gasteiger partial charge < -0.3 is 52.7 Å². The molecular formula is C33H50N8O6. The largest absolute Gasteiger partial charge is 0.508 e. The number of phenols is 2. The van der Waals surface area contributed by atoms with Crippen LogP contribution in [0.2, 0.25) is 0 Å². The van der Waals surface area contributed by atoms with Crippen molar-refractivity contribution in [1.82, 2.24) is 42.5 Å². The summed E-state index contributed by atoms with van der Waals surface area (Å²) in [5, 5.41) is 44.7. The number of carbonyl (C=O) groups excluding carboxylic acids is 4. The molecule has 0 fully saturated rings. The monoisotopic (exact) mass is 654 g/mol. The summed E-state index contributed by atoms with van der Waals surface area (Å²) in [5.41, 5.74) is 2.34. The van der Waals surface area contributed by atoms with Crippen LogP contribution in [-0.2, 0) is 32.0 Å². The highest BCUT2D eigenvalue weighted by Crippen LogP contribution is 2.31. The van der Waals surface area contributed by atoms with Crippen molar-refractivity contribution in [2.45, 2.75) is 56.3 Å². The standard InChI is InChI=1S/C33H50N8O6/c1-34-12-5-6-24-31(45)41-27(33(47)40-25(11-13-35-2)30(44)38-15-14-36-3)19-23-17-21(8-10-29(23)43)20-7-9-28(42)22(16-20)18-26(37-4)32(46)39-24/h7-10,16-17,24-27,34-37,42-43H,5-6,11-15,18-19H2,1-4H3,(H,38,44)(H,39,46)(H,40,47)(H,41,45)/t24-,25-,26-,27-/m0/s1. The van der Waals surface area contributed by atoms with E-state index in [0.29, 0.717) is 55.7 Å². The quantitative estimate of drug-likeness (QED) is 0.111. The summed E-state index contributed by atoms with van der Waals surface area (Å²) in [6.45, 7) is 1.95. The van der Waals surface area contributed by atoms with E-state index in [4.69, 9.17) is 0 Å². The Bertz CT molecular complexity index is 1370. The van der Waals surface area contributed by atoms with Gasteiger partial charge in [0.1, 0.15) is 29.6 Å². The molecule has 1 aliphatic rings. The number of nitrogens with one attached hydrogen (secondary N) is 8. The lowest BCUT2D eigenvalue weighted by Gasteiger charge is -2.26. The van der Waals surface area contributed by atoms with Gasteiger partial charge in [0.05, 0.1) is 6.04 Å². The molecule has 10 N–H and O–H groups in total. The zero-order chi connectivity index (χ0) is 34.3. The highest BCUT2D eigenvalue weighted by molar-refractivity contribution is 5.95. The molecule has 0 unspecified atom stereocenters. The molecule has 4 atom stereocenters. The number of rotatable bonds is 14. The summed E-state index contributed by atoms with van der Waals surface area (Å²) >= 11 is 0. The maximum atomic E-state index is 13.9. The van der Waals surface area contributed by atoms with Gasteiger partial charge in [-0.3, -0.25) is 19.2 Å². The van der Waals surface area contributed by atoms with Crippen LogP contribution in [0.15, 0.2) is 36.4 Å². The Morgan fingerprint density at radius 3 is 2.02 bits per heavy atom. The molecular weight excluding hydrogens is 604 g/mol. The second-order valence-corrected chi connectivity index (χ2v) is 11.7. The zero-order valence-corrected chi connectivity index (χ0v) is 27.7. The van der Waals surface area contributed by atoms with E-state index >= 15 is 0 Å². The molecule has 4 bridgehead atoms. The average Bonchev–Trinajstić information content (AvgIpc) is 3.06. The molecule has 14 nitrogen and oxygen atoms in total. The predicted octanol–water partition coefficient (Wildman–Crippen LogP) is -1.15. The Morgan fingerprint density at radius 1 is 0.809 bits per heavy atom. The molecule has 0 saturated carbocycles. The molecule has 14 heteroatoms. The molecule has 2 aromatic rings.